The van der Waals surface area contributed by atoms with Gasteiger partial charge in [-0.15, -0.1) is 0 Å². The standard InChI is InChI=1S/C19H31N3O2/c1-5-6-12-21(13-17-8-7-11-20(17)4)18(23)14-22(15(2)3)19(24)16-9-10-16/h7-8,11,15-16H,5-6,9-10,12-14H2,1-4H3. The van der Waals surface area contributed by atoms with Crippen molar-refractivity contribution in [1.82, 2.24) is 14.4 Å². The molecule has 0 aliphatic heterocycles. The van der Waals surface area contributed by atoms with E-state index in [-0.39, 0.29) is 30.3 Å². The molecule has 1 fully saturated rings. The SMILES string of the molecule is CCCCN(Cc1cccn1C)C(=O)CN(C(=O)C1CC1)C(C)C. The number of unbranched alkanes of at least 4 members (excludes halogenated alkanes) is 1. The van der Waals surface area contributed by atoms with Crippen LogP contribution in [-0.2, 0) is 23.2 Å². The van der Waals surface area contributed by atoms with Crippen LogP contribution >= 0.6 is 0 Å². The van der Waals surface area contributed by atoms with Crippen LogP contribution in [0, 0.1) is 5.92 Å². The largest absolute Gasteiger partial charge is 0.353 e. The van der Waals surface area contributed by atoms with Crippen LogP contribution in [0.3, 0.4) is 0 Å². The highest BCUT2D eigenvalue weighted by Gasteiger charge is 2.35. The van der Waals surface area contributed by atoms with E-state index in [4.69, 9.17) is 0 Å². The van der Waals surface area contributed by atoms with Crippen LogP contribution in [0.4, 0.5) is 0 Å². The van der Waals surface area contributed by atoms with Gasteiger partial charge in [-0.05, 0) is 45.2 Å². The first-order chi connectivity index (χ1) is 11.4. The zero-order chi connectivity index (χ0) is 17.7. The minimum Gasteiger partial charge on any atom is -0.353 e. The molecule has 0 radical (unpaired) electrons. The molecule has 5 nitrogen and oxygen atoms in total. The maximum absolute atomic E-state index is 12.9. The van der Waals surface area contributed by atoms with Crippen molar-refractivity contribution in [3.8, 4) is 0 Å². The number of carbonyl (C=O) groups excluding carboxylic acids is 2. The Morgan fingerprint density at radius 3 is 2.54 bits per heavy atom. The van der Waals surface area contributed by atoms with Crippen LogP contribution < -0.4 is 0 Å². The lowest BCUT2D eigenvalue weighted by atomic mass is 10.2. The first kappa shape index (κ1) is 18.6. The highest BCUT2D eigenvalue weighted by atomic mass is 16.2. The van der Waals surface area contributed by atoms with E-state index < -0.39 is 0 Å². The number of aryl methyl sites for hydroxylation is 1. The highest BCUT2D eigenvalue weighted by molar-refractivity contribution is 5.87. The molecule has 1 heterocycles. The second-order valence-electron chi connectivity index (χ2n) is 7.11. The summed E-state index contributed by atoms with van der Waals surface area (Å²) in [5, 5.41) is 0. The van der Waals surface area contributed by atoms with Gasteiger partial charge in [-0.25, -0.2) is 0 Å². The number of amides is 2. The van der Waals surface area contributed by atoms with Crippen LogP contribution in [0.1, 0.15) is 52.1 Å². The Hall–Kier alpha value is -1.78. The summed E-state index contributed by atoms with van der Waals surface area (Å²) in [4.78, 5) is 29.0. The predicted molar refractivity (Wildman–Crippen MR) is 95.3 cm³/mol. The second kappa shape index (κ2) is 8.36. The zero-order valence-electron chi connectivity index (χ0n) is 15.5. The number of nitrogens with zero attached hydrogens (tertiary/aromatic N) is 3. The molecule has 0 unspecified atom stereocenters. The maximum Gasteiger partial charge on any atom is 0.242 e. The van der Waals surface area contributed by atoms with Gasteiger partial charge in [0.15, 0.2) is 0 Å². The summed E-state index contributed by atoms with van der Waals surface area (Å²) in [5.41, 5.74) is 1.11. The molecule has 0 spiro atoms. The van der Waals surface area contributed by atoms with E-state index in [0.29, 0.717) is 6.54 Å². The Labute approximate surface area is 145 Å². The zero-order valence-corrected chi connectivity index (χ0v) is 15.5. The molecule has 2 amide bonds. The monoisotopic (exact) mass is 333 g/mol. The van der Waals surface area contributed by atoms with Crippen molar-refractivity contribution in [2.75, 3.05) is 13.1 Å². The number of rotatable bonds is 9. The van der Waals surface area contributed by atoms with E-state index in [1.807, 2.05) is 48.7 Å². The molecule has 2 rings (SSSR count). The van der Waals surface area contributed by atoms with Crippen LogP contribution in [0.5, 0.6) is 0 Å². The molecule has 0 atom stereocenters. The van der Waals surface area contributed by atoms with Crippen molar-refractivity contribution >= 4 is 11.8 Å². The maximum atomic E-state index is 12.9. The number of aromatic nitrogens is 1. The van der Waals surface area contributed by atoms with E-state index >= 15 is 0 Å². The molecule has 1 saturated carbocycles. The fourth-order valence-corrected chi connectivity index (χ4v) is 2.82. The molecule has 1 aromatic heterocycles. The Morgan fingerprint density at radius 2 is 2.04 bits per heavy atom. The first-order valence-corrected chi connectivity index (χ1v) is 9.12. The van der Waals surface area contributed by atoms with Crippen molar-refractivity contribution < 1.29 is 9.59 Å². The van der Waals surface area contributed by atoms with Crippen LogP contribution in [0.2, 0.25) is 0 Å². The predicted octanol–water partition coefficient (Wildman–Crippen LogP) is 2.80. The lowest BCUT2D eigenvalue weighted by Gasteiger charge is -2.30. The van der Waals surface area contributed by atoms with Gasteiger partial charge in [0.2, 0.25) is 11.8 Å². The molecule has 134 valence electrons. The second-order valence-corrected chi connectivity index (χ2v) is 7.11. The first-order valence-electron chi connectivity index (χ1n) is 9.12. The Bertz CT molecular complexity index is 561. The van der Waals surface area contributed by atoms with Gasteiger partial charge >= 0.3 is 0 Å². The highest BCUT2D eigenvalue weighted by Crippen LogP contribution is 2.31. The third-order valence-electron chi connectivity index (χ3n) is 4.68. The van der Waals surface area contributed by atoms with Gasteiger partial charge in [0.05, 0.1) is 13.1 Å². The molecule has 1 aliphatic rings. The van der Waals surface area contributed by atoms with E-state index in [1.54, 1.807) is 4.90 Å². The van der Waals surface area contributed by atoms with E-state index in [1.165, 1.54) is 0 Å². The smallest absolute Gasteiger partial charge is 0.242 e. The summed E-state index contributed by atoms with van der Waals surface area (Å²) in [6.07, 6.45) is 5.97. The van der Waals surface area contributed by atoms with Crippen molar-refractivity contribution in [1.29, 1.82) is 0 Å². The van der Waals surface area contributed by atoms with Crippen molar-refractivity contribution in [2.24, 2.45) is 13.0 Å². The summed E-state index contributed by atoms with van der Waals surface area (Å²) >= 11 is 0. The lowest BCUT2D eigenvalue weighted by Crippen LogP contribution is -2.46. The van der Waals surface area contributed by atoms with Crippen LogP contribution in [0.25, 0.3) is 0 Å². The molecule has 0 aromatic carbocycles. The van der Waals surface area contributed by atoms with Gasteiger partial charge in [-0.1, -0.05) is 13.3 Å². The van der Waals surface area contributed by atoms with Crippen molar-refractivity contribution in [3.05, 3.63) is 24.0 Å². The van der Waals surface area contributed by atoms with Gasteiger partial charge < -0.3 is 14.4 Å². The molecule has 0 N–H and O–H groups in total. The molecular weight excluding hydrogens is 302 g/mol. The fraction of sp³-hybridized carbons (Fsp3) is 0.684. The van der Waals surface area contributed by atoms with E-state index in [0.717, 1.165) is 37.9 Å². The summed E-state index contributed by atoms with van der Waals surface area (Å²) < 4.78 is 2.04. The molecule has 0 saturated heterocycles. The number of carbonyl (C=O) groups is 2. The summed E-state index contributed by atoms with van der Waals surface area (Å²) in [6, 6.07) is 4.10. The number of hydrogen-bond acceptors (Lipinski definition) is 2. The molecule has 1 aromatic rings. The lowest BCUT2D eigenvalue weighted by molar-refractivity contribution is -0.143. The minimum absolute atomic E-state index is 0.0485. The molecular formula is C19H31N3O2. The third kappa shape index (κ3) is 4.86. The van der Waals surface area contributed by atoms with Gasteiger partial charge in [-0.3, -0.25) is 9.59 Å². The van der Waals surface area contributed by atoms with Gasteiger partial charge in [0.1, 0.15) is 0 Å². The van der Waals surface area contributed by atoms with Crippen LogP contribution in [0.15, 0.2) is 18.3 Å². The normalized spacial score (nSPS) is 14.0. The van der Waals surface area contributed by atoms with Gasteiger partial charge in [0, 0.05) is 37.4 Å². The number of hydrogen-bond donors (Lipinski definition) is 0. The summed E-state index contributed by atoms with van der Waals surface area (Å²) in [5.74, 6) is 0.345. The quantitative estimate of drug-likeness (QED) is 0.697. The molecule has 24 heavy (non-hydrogen) atoms. The third-order valence-corrected chi connectivity index (χ3v) is 4.68. The average molecular weight is 333 g/mol. The Balaban J connectivity index is 2.04. The molecule has 5 heteroatoms. The van der Waals surface area contributed by atoms with Crippen LogP contribution in [-0.4, -0.2) is 45.3 Å². The fourth-order valence-electron chi connectivity index (χ4n) is 2.82. The summed E-state index contributed by atoms with van der Waals surface area (Å²) in [6.45, 7) is 7.64. The van der Waals surface area contributed by atoms with Crippen molar-refractivity contribution in [3.63, 3.8) is 0 Å². The topological polar surface area (TPSA) is 45.6 Å². The van der Waals surface area contributed by atoms with Gasteiger partial charge in [-0.2, -0.15) is 0 Å². The average Bonchev–Trinajstić information content (AvgIpc) is 3.31. The van der Waals surface area contributed by atoms with E-state index in [9.17, 15) is 9.59 Å². The van der Waals surface area contributed by atoms with Gasteiger partial charge in [0.25, 0.3) is 0 Å². The summed E-state index contributed by atoms with van der Waals surface area (Å²) in [7, 11) is 1.99. The van der Waals surface area contributed by atoms with Crippen molar-refractivity contribution in [2.45, 2.75) is 59.0 Å². The van der Waals surface area contributed by atoms with E-state index in [2.05, 4.69) is 6.92 Å². The molecule has 0 bridgehead atoms. The Kier molecular flexibility index (Phi) is 6.46. The molecule has 1 aliphatic carbocycles. The minimum atomic E-state index is 0.0485. The Morgan fingerprint density at radius 1 is 1.33 bits per heavy atom.